The zero-order valence-electron chi connectivity index (χ0n) is 9.29. The van der Waals surface area contributed by atoms with E-state index in [1.165, 1.54) is 20.3 Å². The standard InChI is InChI=1S/C11H11Cl2NO3/c1-16-11(15)10(14-17-2)5-7-3-4-8(12)6-9(7)13/h3-6,14H,1-2H3. The molecule has 1 rings (SSSR count). The van der Waals surface area contributed by atoms with Gasteiger partial charge in [0.25, 0.3) is 0 Å². The topological polar surface area (TPSA) is 47.6 Å². The minimum absolute atomic E-state index is 0.138. The molecule has 0 aliphatic carbocycles. The summed E-state index contributed by atoms with van der Waals surface area (Å²) in [5.41, 5.74) is 3.18. The van der Waals surface area contributed by atoms with Crippen LogP contribution in [0.1, 0.15) is 5.56 Å². The first kappa shape index (κ1) is 13.8. The van der Waals surface area contributed by atoms with E-state index in [4.69, 9.17) is 23.2 Å². The molecular formula is C11H11Cl2NO3. The number of carbonyl (C=O) groups excluding carboxylic acids is 1. The van der Waals surface area contributed by atoms with E-state index in [0.29, 0.717) is 15.6 Å². The van der Waals surface area contributed by atoms with Crippen molar-refractivity contribution in [3.63, 3.8) is 0 Å². The van der Waals surface area contributed by atoms with Gasteiger partial charge in [0.05, 0.1) is 14.2 Å². The Kier molecular flexibility index (Phi) is 5.28. The van der Waals surface area contributed by atoms with Crippen molar-refractivity contribution < 1.29 is 14.4 Å². The van der Waals surface area contributed by atoms with Gasteiger partial charge in [0.15, 0.2) is 0 Å². The molecule has 0 radical (unpaired) electrons. The van der Waals surface area contributed by atoms with Crippen LogP contribution in [-0.4, -0.2) is 20.2 Å². The van der Waals surface area contributed by atoms with Crippen LogP contribution in [-0.2, 0) is 14.4 Å². The summed E-state index contributed by atoms with van der Waals surface area (Å²) >= 11 is 11.7. The minimum Gasteiger partial charge on any atom is -0.464 e. The largest absolute Gasteiger partial charge is 0.464 e. The molecule has 0 saturated heterocycles. The first-order valence-corrected chi connectivity index (χ1v) is 5.38. The highest BCUT2D eigenvalue weighted by Crippen LogP contribution is 2.22. The molecule has 1 aromatic carbocycles. The van der Waals surface area contributed by atoms with Gasteiger partial charge in [-0.1, -0.05) is 29.3 Å². The molecule has 0 aromatic heterocycles. The number of benzene rings is 1. The van der Waals surface area contributed by atoms with Crippen LogP contribution in [0.25, 0.3) is 6.08 Å². The minimum atomic E-state index is -0.558. The van der Waals surface area contributed by atoms with E-state index in [2.05, 4.69) is 15.1 Å². The van der Waals surface area contributed by atoms with Crippen molar-refractivity contribution >= 4 is 35.2 Å². The van der Waals surface area contributed by atoms with Crippen molar-refractivity contribution in [1.29, 1.82) is 0 Å². The van der Waals surface area contributed by atoms with Crippen molar-refractivity contribution in [3.8, 4) is 0 Å². The van der Waals surface area contributed by atoms with Gasteiger partial charge in [-0.2, -0.15) is 0 Å². The zero-order chi connectivity index (χ0) is 12.8. The number of rotatable bonds is 4. The molecule has 0 aliphatic rings. The molecule has 0 unspecified atom stereocenters. The molecule has 6 heteroatoms. The van der Waals surface area contributed by atoms with E-state index in [9.17, 15) is 4.79 Å². The Bertz CT molecular complexity index is 446. The third-order valence-electron chi connectivity index (χ3n) is 1.88. The summed E-state index contributed by atoms with van der Waals surface area (Å²) in [6.45, 7) is 0. The number of carbonyl (C=O) groups is 1. The number of hydrogen-bond donors (Lipinski definition) is 1. The maximum atomic E-state index is 11.4. The number of hydrogen-bond acceptors (Lipinski definition) is 4. The Labute approximate surface area is 109 Å². The third-order valence-corrected chi connectivity index (χ3v) is 2.44. The Hall–Kier alpha value is -1.23. The Balaban J connectivity index is 3.07. The summed E-state index contributed by atoms with van der Waals surface area (Å²) in [5.74, 6) is -0.558. The molecule has 92 valence electrons. The van der Waals surface area contributed by atoms with Crippen LogP contribution in [0.5, 0.6) is 0 Å². The molecule has 1 aromatic rings. The molecule has 0 saturated carbocycles. The smallest absolute Gasteiger partial charge is 0.356 e. The summed E-state index contributed by atoms with van der Waals surface area (Å²) in [5, 5.41) is 0.947. The quantitative estimate of drug-likeness (QED) is 0.521. The normalized spacial score (nSPS) is 11.2. The summed E-state index contributed by atoms with van der Waals surface area (Å²) in [6, 6.07) is 4.93. The number of halogens is 2. The van der Waals surface area contributed by atoms with Crippen LogP contribution in [0.2, 0.25) is 10.0 Å². The molecule has 0 heterocycles. The van der Waals surface area contributed by atoms with Crippen molar-refractivity contribution in [2.24, 2.45) is 0 Å². The van der Waals surface area contributed by atoms with Crippen molar-refractivity contribution in [2.45, 2.75) is 0 Å². The van der Waals surface area contributed by atoms with E-state index in [1.807, 2.05) is 0 Å². The lowest BCUT2D eigenvalue weighted by Gasteiger charge is -2.07. The van der Waals surface area contributed by atoms with Gasteiger partial charge < -0.3 is 4.74 Å². The van der Waals surface area contributed by atoms with Crippen LogP contribution >= 0.6 is 23.2 Å². The second kappa shape index (κ2) is 6.49. The third kappa shape index (κ3) is 3.93. The van der Waals surface area contributed by atoms with Crippen LogP contribution in [0, 0.1) is 0 Å². The molecule has 1 N–H and O–H groups in total. The molecule has 0 amide bonds. The monoisotopic (exact) mass is 275 g/mol. The van der Waals surface area contributed by atoms with Crippen LogP contribution in [0.3, 0.4) is 0 Å². The van der Waals surface area contributed by atoms with Crippen LogP contribution < -0.4 is 5.48 Å². The second-order valence-corrected chi connectivity index (χ2v) is 3.87. The summed E-state index contributed by atoms with van der Waals surface area (Å²) < 4.78 is 4.58. The molecule has 17 heavy (non-hydrogen) atoms. The van der Waals surface area contributed by atoms with E-state index in [1.54, 1.807) is 18.2 Å². The Morgan fingerprint density at radius 3 is 2.59 bits per heavy atom. The van der Waals surface area contributed by atoms with Crippen molar-refractivity contribution in [1.82, 2.24) is 5.48 Å². The van der Waals surface area contributed by atoms with Gasteiger partial charge in [-0.3, -0.25) is 10.3 Å². The van der Waals surface area contributed by atoms with Gasteiger partial charge in [0, 0.05) is 10.0 Å². The zero-order valence-corrected chi connectivity index (χ0v) is 10.8. The second-order valence-electron chi connectivity index (χ2n) is 3.02. The molecule has 0 fully saturated rings. The highest BCUT2D eigenvalue weighted by molar-refractivity contribution is 6.35. The summed E-state index contributed by atoms with van der Waals surface area (Å²) in [4.78, 5) is 16.1. The van der Waals surface area contributed by atoms with Gasteiger partial charge >= 0.3 is 5.97 Å². The fraction of sp³-hybridized carbons (Fsp3) is 0.182. The van der Waals surface area contributed by atoms with E-state index >= 15 is 0 Å². The highest BCUT2D eigenvalue weighted by atomic mass is 35.5. The maximum Gasteiger partial charge on any atom is 0.356 e. The summed E-state index contributed by atoms with van der Waals surface area (Å²) in [6.07, 6.45) is 1.51. The highest BCUT2D eigenvalue weighted by Gasteiger charge is 2.10. The molecule has 4 nitrogen and oxygen atoms in total. The Morgan fingerprint density at radius 2 is 2.06 bits per heavy atom. The van der Waals surface area contributed by atoms with Gasteiger partial charge in [-0.05, 0) is 23.8 Å². The lowest BCUT2D eigenvalue weighted by Crippen LogP contribution is -2.20. The summed E-state index contributed by atoms with van der Waals surface area (Å²) in [7, 11) is 2.66. The molecule has 0 aliphatic heterocycles. The lowest BCUT2D eigenvalue weighted by atomic mass is 10.2. The van der Waals surface area contributed by atoms with Crippen LogP contribution in [0.4, 0.5) is 0 Å². The van der Waals surface area contributed by atoms with E-state index < -0.39 is 5.97 Å². The van der Waals surface area contributed by atoms with Crippen LogP contribution in [0.15, 0.2) is 23.9 Å². The number of methoxy groups -OCH3 is 1. The fourth-order valence-electron chi connectivity index (χ4n) is 1.12. The van der Waals surface area contributed by atoms with Gasteiger partial charge in [-0.25, -0.2) is 4.79 Å². The number of ether oxygens (including phenoxy) is 1. The average molecular weight is 276 g/mol. The first-order chi connectivity index (χ1) is 8.08. The first-order valence-electron chi connectivity index (χ1n) is 4.62. The maximum absolute atomic E-state index is 11.4. The molecular weight excluding hydrogens is 265 g/mol. The van der Waals surface area contributed by atoms with E-state index in [-0.39, 0.29) is 5.70 Å². The van der Waals surface area contributed by atoms with Gasteiger partial charge in [0.1, 0.15) is 5.70 Å². The lowest BCUT2D eigenvalue weighted by molar-refractivity contribution is -0.137. The van der Waals surface area contributed by atoms with Crippen molar-refractivity contribution in [2.75, 3.05) is 14.2 Å². The number of hydroxylamine groups is 1. The van der Waals surface area contributed by atoms with E-state index in [0.717, 1.165) is 0 Å². The predicted molar refractivity (Wildman–Crippen MR) is 66.6 cm³/mol. The van der Waals surface area contributed by atoms with Gasteiger partial charge in [-0.15, -0.1) is 0 Å². The fourth-order valence-corrected chi connectivity index (χ4v) is 1.59. The van der Waals surface area contributed by atoms with Crippen molar-refractivity contribution in [3.05, 3.63) is 39.5 Å². The van der Waals surface area contributed by atoms with Gasteiger partial charge in [0.2, 0.25) is 0 Å². The molecule has 0 atom stereocenters. The predicted octanol–water partition coefficient (Wildman–Crippen LogP) is 2.66. The SMILES string of the molecule is CONC(=Cc1ccc(Cl)cc1Cl)C(=O)OC. The Morgan fingerprint density at radius 1 is 1.35 bits per heavy atom. The molecule has 0 spiro atoms. The molecule has 0 bridgehead atoms. The number of nitrogens with one attached hydrogen (secondary N) is 1. The average Bonchev–Trinajstić information content (AvgIpc) is 2.30. The number of esters is 1.